The molecular formula is C15H24N4O3S. The number of nitrogens with one attached hydrogen (secondary N) is 2. The molecule has 0 aliphatic carbocycles. The second kappa shape index (κ2) is 6.26. The Morgan fingerprint density at radius 3 is 2.78 bits per heavy atom. The van der Waals surface area contributed by atoms with Gasteiger partial charge in [-0.2, -0.15) is 0 Å². The van der Waals surface area contributed by atoms with Crippen LogP contribution in [0, 0.1) is 0 Å². The number of carbonyl (C=O) groups is 1. The van der Waals surface area contributed by atoms with E-state index in [-0.39, 0.29) is 16.8 Å². The molecule has 1 amide bonds. The lowest BCUT2D eigenvalue weighted by molar-refractivity contribution is 0.0907. The first kappa shape index (κ1) is 16.5. The fraction of sp³-hybridized carbons (Fsp3) is 0.667. The number of aromatic nitrogens is 1. The fourth-order valence-electron chi connectivity index (χ4n) is 3.68. The van der Waals surface area contributed by atoms with Gasteiger partial charge in [0.05, 0.1) is 0 Å². The lowest BCUT2D eigenvalue weighted by Crippen LogP contribution is -2.47. The number of piperidine rings is 1. The van der Waals surface area contributed by atoms with Crippen LogP contribution in [0.25, 0.3) is 0 Å². The smallest absolute Gasteiger partial charge is 0.268 e. The lowest BCUT2D eigenvalue weighted by Gasteiger charge is -2.32. The molecule has 1 aromatic heterocycles. The Labute approximate surface area is 137 Å². The Morgan fingerprint density at radius 2 is 2.04 bits per heavy atom. The van der Waals surface area contributed by atoms with Crippen molar-refractivity contribution in [1.29, 1.82) is 0 Å². The third kappa shape index (κ3) is 3.15. The van der Waals surface area contributed by atoms with Crippen molar-refractivity contribution < 1.29 is 13.2 Å². The average molecular weight is 340 g/mol. The normalized spacial score (nSPS) is 25.3. The van der Waals surface area contributed by atoms with Gasteiger partial charge in [0.15, 0.2) is 0 Å². The third-order valence-corrected chi connectivity index (χ3v) is 6.35. The SMILES string of the molecule is CNS(=O)(=O)c1cc(C(=O)N[C@H]2CCN3CCCC[C@H]23)n(C)c1. The number of aryl methyl sites for hydroxylation is 1. The summed E-state index contributed by atoms with van der Waals surface area (Å²) in [5.74, 6) is -0.206. The van der Waals surface area contributed by atoms with Gasteiger partial charge < -0.3 is 9.88 Å². The molecular weight excluding hydrogens is 316 g/mol. The maximum Gasteiger partial charge on any atom is 0.268 e. The molecule has 2 fully saturated rings. The molecule has 3 rings (SSSR count). The van der Waals surface area contributed by atoms with Gasteiger partial charge in [-0.05, 0) is 38.9 Å². The number of sulfonamides is 1. The highest BCUT2D eigenvalue weighted by Crippen LogP contribution is 2.27. The Bertz CT molecular complexity index is 698. The van der Waals surface area contributed by atoms with E-state index in [4.69, 9.17) is 0 Å². The fourth-order valence-corrected chi connectivity index (χ4v) is 4.48. The minimum atomic E-state index is -3.54. The van der Waals surface area contributed by atoms with Crippen LogP contribution in [-0.2, 0) is 17.1 Å². The Hall–Kier alpha value is -1.38. The highest BCUT2D eigenvalue weighted by Gasteiger charge is 2.36. The second-order valence-electron chi connectivity index (χ2n) is 6.35. The zero-order valence-electron chi connectivity index (χ0n) is 13.6. The van der Waals surface area contributed by atoms with Crippen LogP contribution in [0.5, 0.6) is 0 Å². The van der Waals surface area contributed by atoms with Crippen molar-refractivity contribution in [2.24, 2.45) is 7.05 Å². The maximum atomic E-state index is 12.6. The number of rotatable bonds is 4. The zero-order valence-corrected chi connectivity index (χ0v) is 14.4. The van der Waals surface area contributed by atoms with Gasteiger partial charge in [0.25, 0.3) is 5.91 Å². The minimum Gasteiger partial charge on any atom is -0.346 e. The minimum absolute atomic E-state index is 0.110. The summed E-state index contributed by atoms with van der Waals surface area (Å²) in [5, 5.41) is 3.10. The van der Waals surface area contributed by atoms with E-state index in [9.17, 15) is 13.2 Å². The van der Waals surface area contributed by atoms with E-state index in [0.29, 0.717) is 11.7 Å². The van der Waals surface area contributed by atoms with E-state index >= 15 is 0 Å². The van der Waals surface area contributed by atoms with E-state index in [1.807, 2.05) is 0 Å². The van der Waals surface area contributed by atoms with E-state index in [1.54, 1.807) is 11.6 Å². The molecule has 23 heavy (non-hydrogen) atoms. The van der Waals surface area contributed by atoms with Gasteiger partial charge in [-0.15, -0.1) is 0 Å². The number of nitrogens with zero attached hydrogens (tertiary/aromatic N) is 2. The summed E-state index contributed by atoms with van der Waals surface area (Å²) in [6.45, 7) is 2.15. The molecule has 0 bridgehead atoms. The molecule has 0 unspecified atom stereocenters. The molecule has 2 saturated heterocycles. The quantitative estimate of drug-likeness (QED) is 0.825. The zero-order chi connectivity index (χ0) is 16.6. The number of hydrogen-bond donors (Lipinski definition) is 2. The Morgan fingerprint density at radius 1 is 1.26 bits per heavy atom. The van der Waals surface area contributed by atoms with Gasteiger partial charge in [0.2, 0.25) is 10.0 Å². The maximum absolute atomic E-state index is 12.6. The van der Waals surface area contributed by atoms with Crippen LogP contribution in [0.4, 0.5) is 0 Å². The number of amides is 1. The van der Waals surface area contributed by atoms with Gasteiger partial charge in [-0.3, -0.25) is 9.69 Å². The van der Waals surface area contributed by atoms with Crippen molar-refractivity contribution >= 4 is 15.9 Å². The largest absolute Gasteiger partial charge is 0.346 e. The molecule has 1 aromatic rings. The van der Waals surface area contributed by atoms with Crippen molar-refractivity contribution in [2.75, 3.05) is 20.1 Å². The first-order valence-corrected chi connectivity index (χ1v) is 9.55. The van der Waals surface area contributed by atoms with Crippen LogP contribution in [0.2, 0.25) is 0 Å². The van der Waals surface area contributed by atoms with Gasteiger partial charge in [0.1, 0.15) is 10.6 Å². The number of fused-ring (bicyclic) bond motifs is 1. The van der Waals surface area contributed by atoms with Crippen molar-refractivity contribution in [1.82, 2.24) is 19.5 Å². The predicted molar refractivity (Wildman–Crippen MR) is 86.7 cm³/mol. The molecule has 128 valence electrons. The second-order valence-corrected chi connectivity index (χ2v) is 8.23. The van der Waals surface area contributed by atoms with Crippen molar-refractivity contribution in [2.45, 2.75) is 42.7 Å². The van der Waals surface area contributed by atoms with Crippen LogP contribution in [0.3, 0.4) is 0 Å². The van der Waals surface area contributed by atoms with Crippen LogP contribution in [0.1, 0.15) is 36.2 Å². The Balaban J connectivity index is 1.74. The molecule has 7 nitrogen and oxygen atoms in total. The van der Waals surface area contributed by atoms with E-state index < -0.39 is 10.0 Å². The van der Waals surface area contributed by atoms with Gasteiger partial charge >= 0.3 is 0 Å². The van der Waals surface area contributed by atoms with Crippen molar-refractivity contribution in [3.8, 4) is 0 Å². The Kier molecular flexibility index (Phi) is 4.48. The molecule has 2 aliphatic rings. The van der Waals surface area contributed by atoms with E-state index in [1.165, 1.54) is 32.2 Å². The summed E-state index contributed by atoms with van der Waals surface area (Å²) < 4.78 is 27.5. The molecule has 0 radical (unpaired) electrons. The molecule has 0 saturated carbocycles. The van der Waals surface area contributed by atoms with Crippen molar-refractivity contribution in [3.05, 3.63) is 18.0 Å². The van der Waals surface area contributed by atoms with Gasteiger partial charge in [-0.25, -0.2) is 13.1 Å². The van der Waals surface area contributed by atoms with E-state index in [2.05, 4.69) is 14.9 Å². The predicted octanol–water partition coefficient (Wildman–Crippen LogP) is 0.290. The summed E-state index contributed by atoms with van der Waals surface area (Å²) in [7, 11) is -0.494. The summed E-state index contributed by atoms with van der Waals surface area (Å²) in [6.07, 6.45) is 5.99. The summed E-state index contributed by atoms with van der Waals surface area (Å²) in [4.78, 5) is 15.1. The average Bonchev–Trinajstić information content (AvgIpc) is 3.12. The first-order chi connectivity index (χ1) is 10.9. The molecule has 2 aliphatic heterocycles. The van der Waals surface area contributed by atoms with Gasteiger partial charge in [-0.1, -0.05) is 6.42 Å². The van der Waals surface area contributed by atoms with E-state index in [0.717, 1.165) is 25.9 Å². The summed E-state index contributed by atoms with van der Waals surface area (Å²) in [6, 6.07) is 2.00. The topological polar surface area (TPSA) is 83.4 Å². The summed E-state index contributed by atoms with van der Waals surface area (Å²) >= 11 is 0. The molecule has 8 heteroatoms. The highest BCUT2D eigenvalue weighted by molar-refractivity contribution is 7.89. The van der Waals surface area contributed by atoms with Crippen LogP contribution in [0.15, 0.2) is 17.2 Å². The molecule has 2 N–H and O–H groups in total. The standard InChI is InChI=1S/C15H24N4O3S/c1-16-23(21,22)11-9-14(18(2)10-11)15(20)17-12-6-8-19-7-4-3-5-13(12)19/h9-10,12-13,16H,3-8H2,1-2H3,(H,17,20)/t12-,13+/m0/s1. The van der Waals surface area contributed by atoms with Gasteiger partial charge in [0, 0.05) is 31.9 Å². The molecule has 0 spiro atoms. The molecule has 2 atom stereocenters. The number of carbonyl (C=O) groups excluding carboxylic acids is 1. The molecule has 3 heterocycles. The van der Waals surface area contributed by atoms with Crippen LogP contribution >= 0.6 is 0 Å². The monoisotopic (exact) mass is 340 g/mol. The number of hydrogen-bond acceptors (Lipinski definition) is 4. The van der Waals surface area contributed by atoms with Crippen molar-refractivity contribution in [3.63, 3.8) is 0 Å². The molecule has 0 aromatic carbocycles. The third-order valence-electron chi connectivity index (χ3n) is 4.96. The summed E-state index contributed by atoms with van der Waals surface area (Å²) in [5.41, 5.74) is 0.369. The lowest BCUT2D eigenvalue weighted by atomic mass is 9.99. The first-order valence-electron chi connectivity index (χ1n) is 8.07. The van der Waals surface area contributed by atoms with Crippen LogP contribution < -0.4 is 10.0 Å². The van der Waals surface area contributed by atoms with Crippen LogP contribution in [-0.4, -0.2) is 56.0 Å². The highest BCUT2D eigenvalue weighted by atomic mass is 32.2.